The third kappa shape index (κ3) is 3.63. The lowest BCUT2D eigenvalue weighted by Crippen LogP contribution is -1.95. The van der Waals surface area contributed by atoms with Crippen LogP contribution in [0.3, 0.4) is 0 Å². The van der Waals surface area contributed by atoms with Crippen LogP contribution < -0.4 is 9.47 Å². The molecule has 0 saturated carbocycles. The fourth-order valence-electron chi connectivity index (χ4n) is 1.48. The number of benzene rings is 1. The van der Waals surface area contributed by atoms with E-state index in [9.17, 15) is 4.79 Å². The number of allylic oxidation sites excluding steroid dienone is 1. The van der Waals surface area contributed by atoms with Crippen LogP contribution in [0, 0.1) is 0 Å². The van der Waals surface area contributed by atoms with Gasteiger partial charge in [0.2, 0.25) is 0 Å². The van der Waals surface area contributed by atoms with Gasteiger partial charge in [0.05, 0.1) is 13.7 Å². The van der Waals surface area contributed by atoms with Crippen molar-refractivity contribution in [1.29, 1.82) is 0 Å². The lowest BCUT2D eigenvalue weighted by molar-refractivity contribution is -0.104. The molecule has 0 radical (unpaired) electrons. The Hall–Kier alpha value is -1.77. The Morgan fingerprint density at radius 3 is 2.59 bits per heavy atom. The molecule has 1 aromatic rings. The first kappa shape index (κ1) is 13.3. The summed E-state index contributed by atoms with van der Waals surface area (Å²) < 4.78 is 10.7. The summed E-state index contributed by atoms with van der Waals surface area (Å²) in [6.45, 7) is 4.47. The fraction of sp³-hybridized carbons (Fsp3) is 0.357. The number of ether oxygens (including phenoxy) is 2. The van der Waals surface area contributed by atoms with Crippen molar-refractivity contribution in [1.82, 2.24) is 0 Å². The highest BCUT2D eigenvalue weighted by molar-refractivity contribution is 5.81. The van der Waals surface area contributed by atoms with Crippen molar-refractivity contribution in [2.45, 2.75) is 20.3 Å². The van der Waals surface area contributed by atoms with Gasteiger partial charge >= 0.3 is 0 Å². The molecule has 3 nitrogen and oxygen atoms in total. The molecule has 3 heteroatoms. The molecular weight excluding hydrogens is 216 g/mol. The zero-order valence-electron chi connectivity index (χ0n) is 10.5. The van der Waals surface area contributed by atoms with Crippen molar-refractivity contribution in [2.75, 3.05) is 13.7 Å². The molecular formula is C14H18O3. The highest BCUT2D eigenvalue weighted by atomic mass is 16.5. The van der Waals surface area contributed by atoms with Crippen molar-refractivity contribution < 1.29 is 14.3 Å². The van der Waals surface area contributed by atoms with Crippen molar-refractivity contribution in [3.8, 4) is 11.5 Å². The summed E-state index contributed by atoms with van der Waals surface area (Å²) in [6, 6.07) is 5.63. The molecule has 0 N–H and O–H groups in total. The van der Waals surface area contributed by atoms with Gasteiger partial charge < -0.3 is 9.47 Å². The Labute approximate surface area is 102 Å². The van der Waals surface area contributed by atoms with Crippen molar-refractivity contribution in [3.05, 3.63) is 29.3 Å². The van der Waals surface area contributed by atoms with Gasteiger partial charge in [-0.25, -0.2) is 0 Å². The normalized spacial score (nSPS) is 11.1. The molecule has 1 aromatic carbocycles. The zero-order chi connectivity index (χ0) is 12.7. The zero-order valence-corrected chi connectivity index (χ0v) is 10.5. The number of carbonyl (C=O) groups excluding carboxylic acids is 1. The number of hydrogen-bond donors (Lipinski definition) is 0. The van der Waals surface area contributed by atoms with Crippen LogP contribution >= 0.6 is 0 Å². The molecule has 0 aliphatic heterocycles. The van der Waals surface area contributed by atoms with E-state index in [2.05, 4.69) is 0 Å². The molecule has 0 saturated heterocycles. The summed E-state index contributed by atoms with van der Waals surface area (Å²) in [7, 11) is 1.60. The topological polar surface area (TPSA) is 35.5 Å². The van der Waals surface area contributed by atoms with E-state index in [0.717, 1.165) is 29.6 Å². The van der Waals surface area contributed by atoms with Gasteiger partial charge in [0, 0.05) is 0 Å². The van der Waals surface area contributed by atoms with Gasteiger partial charge in [-0.05, 0) is 42.7 Å². The minimum Gasteiger partial charge on any atom is -0.493 e. The van der Waals surface area contributed by atoms with Gasteiger partial charge in [-0.15, -0.1) is 0 Å². The Morgan fingerprint density at radius 2 is 2.06 bits per heavy atom. The highest BCUT2D eigenvalue weighted by Crippen LogP contribution is 2.28. The fourth-order valence-corrected chi connectivity index (χ4v) is 1.48. The van der Waals surface area contributed by atoms with Crippen LogP contribution in [0.25, 0.3) is 6.08 Å². The van der Waals surface area contributed by atoms with Crippen LogP contribution in [0.2, 0.25) is 0 Å². The van der Waals surface area contributed by atoms with E-state index in [0.29, 0.717) is 12.4 Å². The summed E-state index contributed by atoms with van der Waals surface area (Å²) in [4.78, 5) is 10.7. The molecule has 1 rings (SSSR count). The van der Waals surface area contributed by atoms with E-state index >= 15 is 0 Å². The second-order valence-corrected chi connectivity index (χ2v) is 3.53. The van der Waals surface area contributed by atoms with Gasteiger partial charge in [-0.3, -0.25) is 4.79 Å². The summed E-state index contributed by atoms with van der Waals surface area (Å²) >= 11 is 0. The minimum atomic E-state index is 0.597. The molecule has 0 spiro atoms. The molecule has 17 heavy (non-hydrogen) atoms. The smallest absolute Gasteiger partial charge is 0.161 e. The number of aldehydes is 1. The maximum Gasteiger partial charge on any atom is 0.161 e. The molecule has 0 atom stereocenters. The van der Waals surface area contributed by atoms with E-state index in [4.69, 9.17) is 9.47 Å². The van der Waals surface area contributed by atoms with Gasteiger partial charge in [-0.2, -0.15) is 0 Å². The third-order valence-electron chi connectivity index (χ3n) is 2.40. The maximum absolute atomic E-state index is 10.7. The van der Waals surface area contributed by atoms with E-state index in [1.165, 1.54) is 0 Å². The number of carbonyl (C=O) groups is 1. The first-order chi connectivity index (χ1) is 8.24. The summed E-state index contributed by atoms with van der Waals surface area (Å²) in [5.74, 6) is 1.40. The summed E-state index contributed by atoms with van der Waals surface area (Å²) in [5.41, 5.74) is 1.70. The van der Waals surface area contributed by atoms with E-state index in [1.807, 2.05) is 38.1 Å². The SMILES string of the molecule is CCOc1ccc(C=C(C=O)CC)cc1OC. The van der Waals surface area contributed by atoms with Crippen LogP contribution in [0.5, 0.6) is 11.5 Å². The molecule has 0 aliphatic rings. The predicted molar refractivity (Wildman–Crippen MR) is 68.5 cm³/mol. The van der Waals surface area contributed by atoms with E-state index < -0.39 is 0 Å². The monoisotopic (exact) mass is 234 g/mol. The summed E-state index contributed by atoms with van der Waals surface area (Å²) in [5, 5.41) is 0. The quantitative estimate of drug-likeness (QED) is 0.560. The Morgan fingerprint density at radius 1 is 1.29 bits per heavy atom. The standard InChI is InChI=1S/C14H18O3/c1-4-11(10-15)8-12-6-7-13(17-5-2)14(9-12)16-3/h6-10H,4-5H2,1-3H3. The largest absolute Gasteiger partial charge is 0.493 e. The average molecular weight is 234 g/mol. The van der Waals surface area contributed by atoms with E-state index in [1.54, 1.807) is 7.11 Å². The molecule has 92 valence electrons. The Bertz CT molecular complexity index is 408. The highest BCUT2D eigenvalue weighted by Gasteiger charge is 2.04. The predicted octanol–water partition coefficient (Wildman–Crippen LogP) is 3.09. The Balaban J connectivity index is 3.04. The van der Waals surface area contributed by atoms with Crippen molar-refractivity contribution in [2.24, 2.45) is 0 Å². The summed E-state index contributed by atoms with van der Waals surface area (Å²) in [6.07, 6.45) is 3.45. The number of methoxy groups -OCH3 is 1. The third-order valence-corrected chi connectivity index (χ3v) is 2.40. The maximum atomic E-state index is 10.7. The van der Waals surface area contributed by atoms with E-state index in [-0.39, 0.29) is 0 Å². The van der Waals surface area contributed by atoms with Crippen LogP contribution in [0.1, 0.15) is 25.8 Å². The van der Waals surface area contributed by atoms with Crippen LogP contribution in [0.4, 0.5) is 0 Å². The lowest BCUT2D eigenvalue weighted by Gasteiger charge is -2.09. The lowest BCUT2D eigenvalue weighted by atomic mass is 10.1. The van der Waals surface area contributed by atoms with Gasteiger partial charge in [0.25, 0.3) is 0 Å². The molecule has 0 amide bonds. The number of hydrogen-bond acceptors (Lipinski definition) is 3. The molecule has 0 aliphatic carbocycles. The molecule has 0 bridgehead atoms. The molecule has 0 heterocycles. The van der Waals surface area contributed by atoms with Crippen LogP contribution in [-0.4, -0.2) is 20.0 Å². The van der Waals surface area contributed by atoms with Crippen molar-refractivity contribution in [3.63, 3.8) is 0 Å². The molecule has 0 unspecified atom stereocenters. The Kier molecular flexibility index (Phi) is 5.27. The second kappa shape index (κ2) is 6.74. The van der Waals surface area contributed by atoms with Crippen molar-refractivity contribution >= 4 is 12.4 Å². The second-order valence-electron chi connectivity index (χ2n) is 3.53. The number of rotatable bonds is 6. The minimum absolute atomic E-state index is 0.597. The first-order valence-electron chi connectivity index (χ1n) is 5.71. The van der Waals surface area contributed by atoms with Crippen LogP contribution in [0.15, 0.2) is 23.8 Å². The first-order valence-corrected chi connectivity index (χ1v) is 5.71. The molecule has 0 aromatic heterocycles. The van der Waals surface area contributed by atoms with Crippen LogP contribution in [-0.2, 0) is 4.79 Å². The van der Waals surface area contributed by atoms with Gasteiger partial charge in [0.1, 0.15) is 6.29 Å². The van der Waals surface area contributed by atoms with Gasteiger partial charge in [0.15, 0.2) is 11.5 Å². The van der Waals surface area contributed by atoms with Gasteiger partial charge in [-0.1, -0.05) is 13.0 Å². The molecule has 0 fully saturated rings. The average Bonchev–Trinajstić information content (AvgIpc) is 2.37.